The van der Waals surface area contributed by atoms with E-state index in [4.69, 9.17) is 4.74 Å². The Bertz CT molecular complexity index is 1140. The van der Waals surface area contributed by atoms with Gasteiger partial charge >= 0.3 is 0 Å². The molecule has 1 N–H and O–H groups in total. The van der Waals surface area contributed by atoms with Gasteiger partial charge in [-0.2, -0.15) is 0 Å². The first kappa shape index (κ1) is 17.7. The molecule has 1 heterocycles. The summed E-state index contributed by atoms with van der Waals surface area (Å²) in [7, 11) is 0. The van der Waals surface area contributed by atoms with E-state index in [0.29, 0.717) is 17.0 Å². The quantitative estimate of drug-likeness (QED) is 0.488. The highest BCUT2D eigenvalue weighted by molar-refractivity contribution is 6.04. The highest BCUT2D eigenvalue weighted by atomic mass is 16.5. The predicted molar refractivity (Wildman–Crippen MR) is 112 cm³/mol. The Morgan fingerprint density at radius 1 is 0.893 bits per heavy atom. The van der Waals surface area contributed by atoms with Crippen LogP contribution >= 0.6 is 0 Å². The van der Waals surface area contributed by atoms with Crippen LogP contribution in [0.15, 0.2) is 79.0 Å². The SMILES string of the molecule is Cc1cc2nccc(Oc3ccc(NC(=O)c4ccccc4)cc3)c2cc1C. The summed E-state index contributed by atoms with van der Waals surface area (Å²) in [5.74, 6) is 1.32. The molecule has 0 fully saturated rings. The van der Waals surface area contributed by atoms with Crippen LogP contribution in [0, 0.1) is 13.8 Å². The normalized spacial score (nSPS) is 10.6. The molecule has 0 spiro atoms. The fraction of sp³-hybridized carbons (Fsp3) is 0.0833. The van der Waals surface area contributed by atoms with Gasteiger partial charge in [0.15, 0.2) is 0 Å². The smallest absolute Gasteiger partial charge is 0.255 e. The van der Waals surface area contributed by atoms with Crippen LogP contribution in [-0.4, -0.2) is 10.9 Å². The monoisotopic (exact) mass is 368 g/mol. The Kier molecular flexibility index (Phi) is 4.77. The standard InChI is InChI=1S/C24H20N2O2/c1-16-14-21-22(15-17(16)2)25-13-12-23(21)28-20-10-8-19(9-11-20)26-24(27)18-6-4-3-5-7-18/h3-15H,1-2H3,(H,26,27). The third-order valence-electron chi connectivity index (χ3n) is 4.69. The van der Waals surface area contributed by atoms with Crippen LogP contribution in [0.4, 0.5) is 5.69 Å². The van der Waals surface area contributed by atoms with E-state index >= 15 is 0 Å². The molecule has 0 aliphatic rings. The topological polar surface area (TPSA) is 51.2 Å². The minimum Gasteiger partial charge on any atom is -0.457 e. The number of nitrogens with zero attached hydrogens (tertiary/aromatic N) is 1. The summed E-state index contributed by atoms with van der Waals surface area (Å²) in [6, 6.07) is 22.5. The van der Waals surface area contributed by atoms with Crippen LogP contribution in [0.25, 0.3) is 10.9 Å². The second kappa shape index (κ2) is 7.53. The minimum absolute atomic E-state index is 0.139. The van der Waals surface area contributed by atoms with Gasteiger partial charge in [-0.25, -0.2) is 0 Å². The van der Waals surface area contributed by atoms with Gasteiger partial charge in [0.05, 0.1) is 5.52 Å². The van der Waals surface area contributed by atoms with E-state index in [1.165, 1.54) is 11.1 Å². The van der Waals surface area contributed by atoms with Gasteiger partial charge < -0.3 is 10.1 Å². The van der Waals surface area contributed by atoms with Gasteiger partial charge in [0.2, 0.25) is 0 Å². The summed E-state index contributed by atoms with van der Waals surface area (Å²) < 4.78 is 6.08. The number of hydrogen-bond donors (Lipinski definition) is 1. The lowest BCUT2D eigenvalue weighted by Gasteiger charge is -2.11. The summed E-state index contributed by atoms with van der Waals surface area (Å²) >= 11 is 0. The van der Waals surface area contributed by atoms with Crippen molar-refractivity contribution in [3.63, 3.8) is 0 Å². The van der Waals surface area contributed by atoms with E-state index in [2.05, 4.69) is 36.3 Å². The Morgan fingerprint density at radius 3 is 2.36 bits per heavy atom. The molecule has 4 aromatic rings. The van der Waals surface area contributed by atoms with Crippen molar-refractivity contribution in [3.8, 4) is 11.5 Å². The second-order valence-electron chi connectivity index (χ2n) is 6.71. The maximum atomic E-state index is 12.2. The third kappa shape index (κ3) is 3.71. The molecule has 3 aromatic carbocycles. The second-order valence-corrected chi connectivity index (χ2v) is 6.71. The lowest BCUT2D eigenvalue weighted by Crippen LogP contribution is -2.11. The third-order valence-corrected chi connectivity index (χ3v) is 4.69. The molecule has 0 radical (unpaired) electrons. The van der Waals surface area contributed by atoms with Gasteiger partial charge in [0.25, 0.3) is 5.91 Å². The molecule has 138 valence electrons. The predicted octanol–water partition coefficient (Wildman–Crippen LogP) is 5.90. The Hall–Kier alpha value is -3.66. The van der Waals surface area contributed by atoms with Gasteiger partial charge in [-0.05, 0) is 79.6 Å². The minimum atomic E-state index is -0.139. The van der Waals surface area contributed by atoms with Crippen molar-refractivity contribution in [1.29, 1.82) is 0 Å². The summed E-state index contributed by atoms with van der Waals surface area (Å²) in [6.07, 6.45) is 1.75. The maximum Gasteiger partial charge on any atom is 0.255 e. The first-order valence-electron chi connectivity index (χ1n) is 9.10. The van der Waals surface area contributed by atoms with Crippen LogP contribution in [0.5, 0.6) is 11.5 Å². The van der Waals surface area contributed by atoms with E-state index in [0.717, 1.165) is 16.7 Å². The number of fused-ring (bicyclic) bond motifs is 1. The molecule has 1 aromatic heterocycles. The van der Waals surface area contributed by atoms with E-state index in [1.807, 2.05) is 48.5 Å². The highest BCUT2D eigenvalue weighted by Crippen LogP contribution is 2.31. The molecule has 0 bridgehead atoms. The van der Waals surface area contributed by atoms with E-state index in [9.17, 15) is 4.79 Å². The Morgan fingerprint density at radius 2 is 1.61 bits per heavy atom. The molecule has 1 amide bonds. The van der Waals surface area contributed by atoms with Crippen LogP contribution in [0.3, 0.4) is 0 Å². The number of aryl methyl sites for hydroxylation is 2. The lowest BCUT2D eigenvalue weighted by molar-refractivity contribution is 0.102. The van der Waals surface area contributed by atoms with Gasteiger partial charge in [0.1, 0.15) is 11.5 Å². The average Bonchev–Trinajstić information content (AvgIpc) is 2.71. The largest absolute Gasteiger partial charge is 0.457 e. The zero-order chi connectivity index (χ0) is 19.5. The molecule has 28 heavy (non-hydrogen) atoms. The number of ether oxygens (including phenoxy) is 1. The fourth-order valence-electron chi connectivity index (χ4n) is 3.00. The number of amides is 1. The number of carbonyl (C=O) groups is 1. The number of pyridine rings is 1. The number of anilines is 1. The molecular weight excluding hydrogens is 348 g/mol. The van der Waals surface area contributed by atoms with Crippen LogP contribution < -0.4 is 10.1 Å². The van der Waals surface area contributed by atoms with Gasteiger partial charge in [-0.1, -0.05) is 18.2 Å². The fourth-order valence-corrected chi connectivity index (χ4v) is 3.00. The van der Waals surface area contributed by atoms with Crippen molar-refractivity contribution < 1.29 is 9.53 Å². The number of hydrogen-bond acceptors (Lipinski definition) is 3. The molecule has 0 atom stereocenters. The number of benzene rings is 3. The first-order valence-corrected chi connectivity index (χ1v) is 9.10. The van der Waals surface area contributed by atoms with Crippen molar-refractivity contribution in [2.75, 3.05) is 5.32 Å². The van der Waals surface area contributed by atoms with Crippen molar-refractivity contribution in [1.82, 2.24) is 4.98 Å². The van der Waals surface area contributed by atoms with Crippen LogP contribution in [0.2, 0.25) is 0 Å². The molecule has 0 aliphatic heterocycles. The number of rotatable bonds is 4. The Labute approximate surface area is 163 Å². The summed E-state index contributed by atoms with van der Waals surface area (Å²) in [4.78, 5) is 16.7. The van der Waals surface area contributed by atoms with E-state index in [-0.39, 0.29) is 5.91 Å². The highest BCUT2D eigenvalue weighted by Gasteiger charge is 2.08. The van der Waals surface area contributed by atoms with Crippen LogP contribution in [0.1, 0.15) is 21.5 Å². The van der Waals surface area contributed by atoms with Gasteiger partial charge in [-0.15, -0.1) is 0 Å². The van der Waals surface area contributed by atoms with Crippen LogP contribution in [-0.2, 0) is 0 Å². The summed E-state index contributed by atoms with van der Waals surface area (Å²) in [6.45, 7) is 4.15. The van der Waals surface area contributed by atoms with Crippen molar-refractivity contribution in [2.24, 2.45) is 0 Å². The average molecular weight is 368 g/mol. The molecule has 0 saturated carbocycles. The zero-order valence-corrected chi connectivity index (χ0v) is 15.8. The number of aromatic nitrogens is 1. The Balaban J connectivity index is 1.53. The molecule has 4 nitrogen and oxygen atoms in total. The maximum absolute atomic E-state index is 12.2. The number of carbonyl (C=O) groups excluding carboxylic acids is 1. The number of nitrogens with one attached hydrogen (secondary N) is 1. The summed E-state index contributed by atoms with van der Waals surface area (Å²) in [5, 5.41) is 3.87. The first-order chi connectivity index (χ1) is 13.6. The molecular formula is C24H20N2O2. The lowest BCUT2D eigenvalue weighted by atomic mass is 10.1. The molecule has 4 heteroatoms. The van der Waals surface area contributed by atoms with E-state index in [1.54, 1.807) is 18.3 Å². The van der Waals surface area contributed by atoms with Gasteiger partial charge in [0, 0.05) is 22.8 Å². The van der Waals surface area contributed by atoms with Crippen molar-refractivity contribution >= 4 is 22.5 Å². The zero-order valence-electron chi connectivity index (χ0n) is 15.8. The summed E-state index contributed by atoms with van der Waals surface area (Å²) in [5.41, 5.74) is 4.65. The molecule has 0 unspecified atom stereocenters. The van der Waals surface area contributed by atoms with Gasteiger partial charge in [-0.3, -0.25) is 9.78 Å². The molecule has 4 rings (SSSR count). The van der Waals surface area contributed by atoms with Crippen molar-refractivity contribution in [3.05, 3.63) is 95.7 Å². The molecule has 0 aliphatic carbocycles. The van der Waals surface area contributed by atoms with Crippen molar-refractivity contribution in [2.45, 2.75) is 13.8 Å². The molecule has 0 saturated heterocycles. The van der Waals surface area contributed by atoms with E-state index < -0.39 is 0 Å².